The summed E-state index contributed by atoms with van der Waals surface area (Å²) in [6, 6.07) is -0.503. The highest BCUT2D eigenvalue weighted by molar-refractivity contribution is 5.87. The van der Waals surface area contributed by atoms with Gasteiger partial charge in [0.2, 0.25) is 11.8 Å². The van der Waals surface area contributed by atoms with Crippen molar-refractivity contribution in [1.29, 1.82) is 0 Å². The third-order valence-corrected chi connectivity index (χ3v) is 2.45. The van der Waals surface area contributed by atoms with Crippen LogP contribution in [0.3, 0.4) is 0 Å². The smallest absolute Gasteiger partial charge is 0.242 e. The molecule has 0 aromatic carbocycles. The van der Waals surface area contributed by atoms with Crippen molar-refractivity contribution >= 4 is 11.8 Å². The zero-order valence-electron chi connectivity index (χ0n) is 12.2. The monoisotopic (exact) mass is 257 g/mol. The molecule has 0 saturated carbocycles. The van der Waals surface area contributed by atoms with E-state index in [1.165, 1.54) is 0 Å². The molecule has 0 saturated heterocycles. The molecule has 0 aliphatic heterocycles. The summed E-state index contributed by atoms with van der Waals surface area (Å²) in [6.45, 7) is 10.1. The molecule has 4 N–H and O–H groups in total. The van der Waals surface area contributed by atoms with Crippen molar-refractivity contribution in [2.75, 3.05) is 6.54 Å². The van der Waals surface area contributed by atoms with Gasteiger partial charge in [-0.25, -0.2) is 0 Å². The predicted octanol–water partition coefficient (Wildman–Crippen LogP) is 0.781. The number of carbonyl (C=O) groups is 2. The highest BCUT2D eigenvalue weighted by Crippen LogP contribution is 2.06. The summed E-state index contributed by atoms with van der Waals surface area (Å²) >= 11 is 0. The van der Waals surface area contributed by atoms with Crippen LogP contribution in [0, 0.1) is 5.92 Å². The van der Waals surface area contributed by atoms with Gasteiger partial charge in [-0.15, -0.1) is 0 Å². The van der Waals surface area contributed by atoms with Gasteiger partial charge in [-0.3, -0.25) is 9.59 Å². The Morgan fingerprint density at radius 2 is 1.78 bits per heavy atom. The van der Waals surface area contributed by atoms with Crippen LogP contribution in [-0.4, -0.2) is 29.9 Å². The average molecular weight is 257 g/mol. The van der Waals surface area contributed by atoms with Gasteiger partial charge in [0.1, 0.15) is 6.04 Å². The summed E-state index contributed by atoms with van der Waals surface area (Å²) in [5, 5.41) is 5.45. The molecule has 18 heavy (non-hydrogen) atoms. The Labute approximate surface area is 110 Å². The molecular formula is C13H27N3O2. The Kier molecular flexibility index (Phi) is 6.91. The molecule has 106 valence electrons. The Morgan fingerprint density at radius 3 is 2.22 bits per heavy atom. The SMILES string of the molecule is CC(C)CNC(=O)C(C)NC(=O)CCC(C)(C)N. The van der Waals surface area contributed by atoms with Gasteiger partial charge >= 0.3 is 0 Å². The van der Waals surface area contributed by atoms with Crippen LogP contribution >= 0.6 is 0 Å². The quantitative estimate of drug-likeness (QED) is 0.630. The predicted molar refractivity (Wildman–Crippen MR) is 73.0 cm³/mol. The van der Waals surface area contributed by atoms with Crippen molar-refractivity contribution in [3.05, 3.63) is 0 Å². The molecule has 0 fully saturated rings. The molecule has 1 unspecified atom stereocenters. The van der Waals surface area contributed by atoms with Crippen LogP contribution in [-0.2, 0) is 9.59 Å². The zero-order chi connectivity index (χ0) is 14.3. The minimum Gasteiger partial charge on any atom is -0.354 e. The van der Waals surface area contributed by atoms with Gasteiger partial charge < -0.3 is 16.4 Å². The number of nitrogens with one attached hydrogen (secondary N) is 2. The number of hydrogen-bond donors (Lipinski definition) is 3. The Morgan fingerprint density at radius 1 is 1.22 bits per heavy atom. The summed E-state index contributed by atoms with van der Waals surface area (Å²) < 4.78 is 0. The highest BCUT2D eigenvalue weighted by Gasteiger charge is 2.17. The number of nitrogens with two attached hydrogens (primary N) is 1. The first-order valence-electron chi connectivity index (χ1n) is 6.48. The lowest BCUT2D eigenvalue weighted by Crippen LogP contribution is -2.46. The van der Waals surface area contributed by atoms with Gasteiger partial charge in [-0.2, -0.15) is 0 Å². The molecule has 2 amide bonds. The van der Waals surface area contributed by atoms with Gasteiger partial charge in [0.15, 0.2) is 0 Å². The second-order valence-corrected chi connectivity index (χ2v) is 5.92. The molecule has 5 heteroatoms. The van der Waals surface area contributed by atoms with E-state index in [4.69, 9.17) is 5.73 Å². The van der Waals surface area contributed by atoms with E-state index in [2.05, 4.69) is 10.6 Å². The van der Waals surface area contributed by atoms with Crippen LogP contribution in [0.15, 0.2) is 0 Å². The molecular weight excluding hydrogens is 230 g/mol. The van der Waals surface area contributed by atoms with E-state index >= 15 is 0 Å². The van der Waals surface area contributed by atoms with Gasteiger partial charge in [-0.05, 0) is 33.1 Å². The normalized spacial score (nSPS) is 13.3. The molecule has 0 rings (SSSR count). The van der Waals surface area contributed by atoms with E-state index in [0.717, 1.165) is 0 Å². The van der Waals surface area contributed by atoms with E-state index < -0.39 is 6.04 Å². The van der Waals surface area contributed by atoms with Crippen molar-refractivity contribution in [3.8, 4) is 0 Å². The van der Waals surface area contributed by atoms with Gasteiger partial charge in [0, 0.05) is 18.5 Å². The first-order chi connectivity index (χ1) is 8.11. The van der Waals surface area contributed by atoms with Crippen LogP contribution in [0.2, 0.25) is 0 Å². The Hall–Kier alpha value is -1.10. The molecule has 0 aliphatic rings. The molecule has 5 nitrogen and oxygen atoms in total. The second-order valence-electron chi connectivity index (χ2n) is 5.92. The minimum absolute atomic E-state index is 0.138. The summed E-state index contributed by atoms with van der Waals surface area (Å²) in [5.74, 6) is 0.111. The summed E-state index contributed by atoms with van der Waals surface area (Å²) in [5.41, 5.74) is 5.44. The molecule has 0 heterocycles. The number of rotatable bonds is 7. The maximum atomic E-state index is 11.6. The largest absolute Gasteiger partial charge is 0.354 e. The van der Waals surface area contributed by atoms with Crippen LogP contribution in [0.4, 0.5) is 0 Å². The van der Waals surface area contributed by atoms with E-state index in [9.17, 15) is 9.59 Å². The zero-order valence-corrected chi connectivity index (χ0v) is 12.2. The molecule has 0 aliphatic carbocycles. The number of carbonyl (C=O) groups excluding carboxylic acids is 2. The van der Waals surface area contributed by atoms with Crippen molar-refractivity contribution < 1.29 is 9.59 Å². The van der Waals surface area contributed by atoms with E-state index in [1.807, 2.05) is 27.7 Å². The maximum Gasteiger partial charge on any atom is 0.242 e. The first-order valence-corrected chi connectivity index (χ1v) is 6.48. The molecule has 0 aromatic rings. The lowest BCUT2D eigenvalue weighted by atomic mass is 10.00. The molecule has 0 aromatic heterocycles. The summed E-state index contributed by atoms with van der Waals surface area (Å²) in [4.78, 5) is 23.2. The molecule has 0 bridgehead atoms. The number of amides is 2. The third-order valence-electron chi connectivity index (χ3n) is 2.45. The van der Waals surface area contributed by atoms with Gasteiger partial charge in [0.25, 0.3) is 0 Å². The second kappa shape index (κ2) is 7.36. The van der Waals surface area contributed by atoms with Gasteiger partial charge in [0.05, 0.1) is 0 Å². The van der Waals surface area contributed by atoms with Crippen molar-refractivity contribution in [2.45, 2.75) is 59.0 Å². The molecule has 1 atom stereocenters. The fourth-order valence-electron chi connectivity index (χ4n) is 1.27. The Balaban J connectivity index is 3.96. The standard InChI is InChI=1S/C13H27N3O2/c1-9(2)8-15-12(18)10(3)16-11(17)6-7-13(4,5)14/h9-10H,6-8,14H2,1-5H3,(H,15,18)(H,16,17). The molecule has 0 radical (unpaired) electrons. The van der Waals surface area contributed by atoms with Crippen LogP contribution in [0.1, 0.15) is 47.5 Å². The fraction of sp³-hybridized carbons (Fsp3) is 0.846. The average Bonchev–Trinajstić information content (AvgIpc) is 2.21. The van der Waals surface area contributed by atoms with E-state index in [-0.39, 0.29) is 17.4 Å². The van der Waals surface area contributed by atoms with E-state index in [1.54, 1.807) is 6.92 Å². The lowest BCUT2D eigenvalue weighted by molar-refractivity contribution is -0.128. The maximum absolute atomic E-state index is 11.6. The first kappa shape index (κ1) is 16.9. The van der Waals surface area contributed by atoms with Crippen molar-refractivity contribution in [1.82, 2.24) is 10.6 Å². The minimum atomic E-state index is -0.503. The van der Waals surface area contributed by atoms with Crippen LogP contribution in [0.5, 0.6) is 0 Å². The van der Waals surface area contributed by atoms with Crippen molar-refractivity contribution in [3.63, 3.8) is 0 Å². The lowest BCUT2D eigenvalue weighted by Gasteiger charge is -2.19. The summed E-state index contributed by atoms with van der Waals surface area (Å²) in [7, 11) is 0. The Bertz CT molecular complexity index is 282. The van der Waals surface area contributed by atoms with Crippen LogP contribution < -0.4 is 16.4 Å². The molecule has 0 spiro atoms. The summed E-state index contributed by atoms with van der Waals surface area (Å²) in [6.07, 6.45) is 0.935. The van der Waals surface area contributed by atoms with Crippen LogP contribution in [0.25, 0.3) is 0 Å². The highest BCUT2D eigenvalue weighted by atomic mass is 16.2. The van der Waals surface area contributed by atoms with Gasteiger partial charge in [-0.1, -0.05) is 13.8 Å². The van der Waals surface area contributed by atoms with E-state index in [0.29, 0.717) is 25.3 Å². The van der Waals surface area contributed by atoms with Crippen molar-refractivity contribution in [2.24, 2.45) is 11.7 Å². The fourth-order valence-corrected chi connectivity index (χ4v) is 1.27. The number of hydrogen-bond acceptors (Lipinski definition) is 3. The third kappa shape index (κ3) is 8.98. The topological polar surface area (TPSA) is 84.2 Å².